The van der Waals surface area contributed by atoms with Gasteiger partial charge in [-0.3, -0.25) is 9.48 Å². The molecule has 1 aliphatic rings. The molecule has 3 aromatic rings. The Balaban J connectivity index is 1.60. The Bertz CT molecular complexity index is 1090. The topological polar surface area (TPSA) is 89.6 Å². The van der Waals surface area contributed by atoms with Crippen LogP contribution in [0.5, 0.6) is 0 Å². The summed E-state index contributed by atoms with van der Waals surface area (Å²) in [6.45, 7) is 3.89. The first-order valence-corrected chi connectivity index (χ1v) is 11.3. The lowest BCUT2D eigenvalue weighted by Crippen LogP contribution is -2.27. The number of aromatic nitrogens is 5. The van der Waals surface area contributed by atoms with Gasteiger partial charge in [0.25, 0.3) is 12.3 Å². The smallest absolute Gasteiger partial charge is 0.284 e. The summed E-state index contributed by atoms with van der Waals surface area (Å²) in [5.74, 6) is 0.120. The van der Waals surface area contributed by atoms with Crippen molar-refractivity contribution in [3.05, 3.63) is 35.9 Å². The molecular formula is C22H29F2N7O2. The van der Waals surface area contributed by atoms with E-state index < -0.39 is 18.0 Å². The lowest BCUT2D eigenvalue weighted by Gasteiger charge is -2.21. The van der Waals surface area contributed by atoms with Gasteiger partial charge in [-0.1, -0.05) is 19.3 Å². The number of ether oxygens (including phenoxy) is 1. The Morgan fingerprint density at radius 2 is 2.12 bits per heavy atom. The van der Waals surface area contributed by atoms with Crippen LogP contribution in [-0.4, -0.2) is 57.1 Å². The number of carbonyl (C=O) groups is 1. The third-order valence-corrected chi connectivity index (χ3v) is 6.03. The van der Waals surface area contributed by atoms with Crippen molar-refractivity contribution < 1.29 is 18.3 Å². The highest BCUT2D eigenvalue weighted by molar-refractivity contribution is 6.08. The molecular weight excluding hydrogens is 432 g/mol. The summed E-state index contributed by atoms with van der Waals surface area (Å²) in [6, 6.07) is 1.89. The third-order valence-electron chi connectivity index (χ3n) is 6.03. The third kappa shape index (κ3) is 4.97. The normalized spacial score (nSPS) is 14.8. The summed E-state index contributed by atoms with van der Waals surface area (Å²) in [5, 5.41) is 10.9. The quantitative estimate of drug-likeness (QED) is 0.516. The largest absolute Gasteiger partial charge is 0.383 e. The predicted octanol–water partition coefficient (Wildman–Crippen LogP) is 4.09. The fourth-order valence-electron chi connectivity index (χ4n) is 4.22. The number of alkyl halides is 2. The predicted molar refractivity (Wildman–Crippen MR) is 120 cm³/mol. The molecule has 4 rings (SSSR count). The zero-order valence-electron chi connectivity index (χ0n) is 18.9. The van der Waals surface area contributed by atoms with Crippen molar-refractivity contribution in [1.82, 2.24) is 24.4 Å². The SMILES string of the molecule is CCN(CCOC)c1ccn2ncc(C(=O)Nc3cn(C4CCCCC4)nc3C(F)F)c2n1. The monoisotopic (exact) mass is 461 g/mol. The average Bonchev–Trinajstić information content (AvgIpc) is 3.44. The molecule has 178 valence electrons. The highest BCUT2D eigenvalue weighted by atomic mass is 19.3. The zero-order valence-corrected chi connectivity index (χ0v) is 18.9. The minimum Gasteiger partial charge on any atom is -0.383 e. The van der Waals surface area contributed by atoms with Gasteiger partial charge in [-0.05, 0) is 25.8 Å². The highest BCUT2D eigenvalue weighted by Gasteiger charge is 2.25. The van der Waals surface area contributed by atoms with E-state index in [4.69, 9.17) is 4.74 Å². The average molecular weight is 462 g/mol. The molecule has 0 radical (unpaired) electrons. The standard InChI is InChI=1S/C22H29F2N7O2/c1-3-29(11-12-33-2)18-9-10-30-21(27-18)16(13-25-30)22(32)26-17-14-31(28-19(17)20(23)24)15-7-5-4-6-8-15/h9-10,13-15,20H,3-8,11-12H2,1-2H3,(H,26,32). The fourth-order valence-corrected chi connectivity index (χ4v) is 4.22. The first-order chi connectivity index (χ1) is 16.0. The van der Waals surface area contributed by atoms with Crippen molar-refractivity contribution >= 4 is 23.1 Å². The van der Waals surface area contributed by atoms with Gasteiger partial charge in [0.1, 0.15) is 11.4 Å². The minimum absolute atomic E-state index is 0.0198. The van der Waals surface area contributed by atoms with E-state index in [-0.39, 0.29) is 17.3 Å². The van der Waals surface area contributed by atoms with Crippen LogP contribution >= 0.6 is 0 Å². The molecule has 0 spiro atoms. The van der Waals surface area contributed by atoms with Crippen LogP contribution in [0.15, 0.2) is 24.7 Å². The number of hydrogen-bond donors (Lipinski definition) is 1. The first kappa shape index (κ1) is 23.1. The molecule has 1 amide bonds. The number of halogens is 2. The number of likely N-dealkylation sites (N-methyl/N-ethyl adjacent to an activating group) is 1. The summed E-state index contributed by atoms with van der Waals surface area (Å²) < 4.78 is 35.6. The Morgan fingerprint density at radius 3 is 2.82 bits per heavy atom. The molecule has 0 saturated heterocycles. The highest BCUT2D eigenvalue weighted by Crippen LogP contribution is 2.32. The van der Waals surface area contributed by atoms with E-state index in [1.807, 2.05) is 17.9 Å². The van der Waals surface area contributed by atoms with Crippen molar-refractivity contribution in [1.29, 1.82) is 0 Å². The molecule has 9 nitrogen and oxygen atoms in total. The van der Waals surface area contributed by atoms with Crippen LogP contribution in [0.25, 0.3) is 5.65 Å². The van der Waals surface area contributed by atoms with Crippen LogP contribution in [0.4, 0.5) is 20.3 Å². The van der Waals surface area contributed by atoms with Crippen molar-refractivity contribution in [2.45, 2.75) is 51.5 Å². The van der Waals surface area contributed by atoms with Crippen LogP contribution < -0.4 is 10.2 Å². The number of methoxy groups -OCH3 is 1. The van der Waals surface area contributed by atoms with Crippen molar-refractivity contribution in [3.63, 3.8) is 0 Å². The molecule has 11 heteroatoms. The van der Waals surface area contributed by atoms with Gasteiger partial charge in [-0.2, -0.15) is 10.2 Å². The first-order valence-electron chi connectivity index (χ1n) is 11.3. The van der Waals surface area contributed by atoms with Gasteiger partial charge in [0, 0.05) is 32.6 Å². The molecule has 3 aromatic heterocycles. The van der Waals surface area contributed by atoms with Gasteiger partial charge < -0.3 is 15.0 Å². The summed E-state index contributed by atoms with van der Waals surface area (Å²) in [4.78, 5) is 19.7. The van der Waals surface area contributed by atoms with Gasteiger partial charge in [-0.15, -0.1) is 0 Å². The van der Waals surface area contributed by atoms with Crippen molar-refractivity contribution in [2.24, 2.45) is 0 Å². The van der Waals surface area contributed by atoms with E-state index in [2.05, 4.69) is 20.5 Å². The summed E-state index contributed by atoms with van der Waals surface area (Å²) in [5.41, 5.74) is 0.145. The maximum atomic E-state index is 13.7. The number of anilines is 2. The number of carbonyl (C=O) groups excluding carboxylic acids is 1. The summed E-state index contributed by atoms with van der Waals surface area (Å²) >= 11 is 0. The van der Waals surface area contributed by atoms with E-state index in [1.165, 1.54) is 16.9 Å². The van der Waals surface area contributed by atoms with Crippen LogP contribution in [-0.2, 0) is 4.74 Å². The van der Waals surface area contributed by atoms with E-state index in [1.54, 1.807) is 18.0 Å². The summed E-state index contributed by atoms with van der Waals surface area (Å²) in [6.07, 6.45) is 6.87. The molecule has 1 fully saturated rings. The second kappa shape index (κ2) is 10.2. The Kier molecular flexibility index (Phi) is 7.17. The maximum Gasteiger partial charge on any atom is 0.284 e. The van der Waals surface area contributed by atoms with Crippen LogP contribution in [0, 0.1) is 0 Å². The Labute approximate surface area is 190 Å². The van der Waals surface area contributed by atoms with E-state index >= 15 is 0 Å². The number of amides is 1. The molecule has 1 saturated carbocycles. The number of fused-ring (bicyclic) bond motifs is 1. The van der Waals surface area contributed by atoms with E-state index in [0.717, 1.165) is 32.1 Å². The van der Waals surface area contributed by atoms with Gasteiger partial charge in [0.15, 0.2) is 11.3 Å². The lowest BCUT2D eigenvalue weighted by atomic mass is 9.96. The van der Waals surface area contributed by atoms with Gasteiger partial charge in [0.2, 0.25) is 0 Å². The number of nitrogens with one attached hydrogen (secondary N) is 1. The number of rotatable bonds is 9. The lowest BCUT2D eigenvalue weighted by molar-refractivity contribution is 0.102. The molecule has 0 atom stereocenters. The van der Waals surface area contributed by atoms with Gasteiger partial charge in [0.05, 0.1) is 24.5 Å². The molecule has 1 N–H and O–H groups in total. The molecule has 0 bridgehead atoms. The minimum atomic E-state index is -2.79. The Morgan fingerprint density at radius 1 is 1.33 bits per heavy atom. The molecule has 0 unspecified atom stereocenters. The van der Waals surface area contributed by atoms with Crippen LogP contribution in [0.2, 0.25) is 0 Å². The molecule has 0 aliphatic heterocycles. The van der Waals surface area contributed by atoms with Crippen molar-refractivity contribution in [3.8, 4) is 0 Å². The van der Waals surface area contributed by atoms with Gasteiger partial charge in [-0.25, -0.2) is 18.3 Å². The van der Waals surface area contributed by atoms with Crippen molar-refractivity contribution in [2.75, 3.05) is 37.0 Å². The second-order valence-corrected chi connectivity index (χ2v) is 8.14. The van der Waals surface area contributed by atoms with Gasteiger partial charge >= 0.3 is 0 Å². The zero-order chi connectivity index (χ0) is 23.4. The fraction of sp³-hybridized carbons (Fsp3) is 0.545. The molecule has 3 heterocycles. The van der Waals surface area contributed by atoms with E-state index in [9.17, 15) is 13.6 Å². The molecule has 0 aromatic carbocycles. The molecule has 1 aliphatic carbocycles. The van der Waals surface area contributed by atoms with E-state index in [0.29, 0.717) is 31.2 Å². The van der Waals surface area contributed by atoms with Crippen LogP contribution in [0.3, 0.4) is 0 Å². The van der Waals surface area contributed by atoms with Crippen LogP contribution in [0.1, 0.15) is 67.5 Å². The summed E-state index contributed by atoms with van der Waals surface area (Å²) in [7, 11) is 1.63. The number of hydrogen-bond acceptors (Lipinski definition) is 6. The molecule has 33 heavy (non-hydrogen) atoms. The number of nitrogens with zero attached hydrogens (tertiary/aromatic N) is 6. The second-order valence-electron chi connectivity index (χ2n) is 8.14. The Hall–Kier alpha value is -3.08. The maximum absolute atomic E-state index is 13.7.